The Kier molecular flexibility index (Phi) is 3.92. The summed E-state index contributed by atoms with van der Waals surface area (Å²) >= 11 is 0. The van der Waals surface area contributed by atoms with E-state index < -0.39 is 11.0 Å². The summed E-state index contributed by atoms with van der Waals surface area (Å²) in [6.45, 7) is 1.50. The maximum Gasteiger partial charge on any atom is 0.179 e. The molecular weight excluding hydrogens is 338 g/mol. The van der Waals surface area contributed by atoms with Gasteiger partial charge in [0.05, 0.1) is 30.5 Å². The summed E-state index contributed by atoms with van der Waals surface area (Å²) in [6.07, 6.45) is 6.30. The number of hydrogen-bond acceptors (Lipinski definition) is 7. The number of pyridine rings is 1. The van der Waals surface area contributed by atoms with Crippen LogP contribution in [0.1, 0.15) is 12.0 Å². The second kappa shape index (κ2) is 6.11. The fraction of sp³-hybridized carbons (Fsp3) is 0.294. The van der Waals surface area contributed by atoms with Crippen LogP contribution in [0, 0.1) is 11.5 Å². The number of para-hydroxylation sites is 2. The van der Waals surface area contributed by atoms with Crippen LogP contribution in [0.15, 0.2) is 48.8 Å². The van der Waals surface area contributed by atoms with Crippen LogP contribution < -0.4 is 8.61 Å². The quantitative estimate of drug-likeness (QED) is 0.816. The summed E-state index contributed by atoms with van der Waals surface area (Å²) in [5, 5.41) is 9.12. The van der Waals surface area contributed by atoms with Crippen molar-refractivity contribution in [1.29, 1.82) is 5.26 Å². The Morgan fingerprint density at radius 2 is 2.00 bits per heavy atom. The van der Waals surface area contributed by atoms with Gasteiger partial charge >= 0.3 is 0 Å². The molecule has 1 unspecified atom stereocenters. The highest BCUT2D eigenvalue weighted by molar-refractivity contribution is 8.26. The summed E-state index contributed by atoms with van der Waals surface area (Å²) in [7, 11) is -3.20. The van der Waals surface area contributed by atoms with Gasteiger partial charge in [0.1, 0.15) is 0 Å². The lowest BCUT2D eigenvalue weighted by Crippen LogP contribution is -2.41. The van der Waals surface area contributed by atoms with Crippen LogP contribution >= 0.6 is 11.0 Å². The first-order valence-corrected chi connectivity index (χ1v) is 9.55. The summed E-state index contributed by atoms with van der Waals surface area (Å²) in [6, 6.07) is 11.2. The average molecular weight is 357 g/mol. The van der Waals surface area contributed by atoms with E-state index >= 15 is 0 Å². The number of aromatic nitrogens is 1. The van der Waals surface area contributed by atoms with Gasteiger partial charge in [0.2, 0.25) is 0 Å². The zero-order chi connectivity index (χ0) is 17.4. The fourth-order valence-corrected chi connectivity index (χ4v) is 5.42. The third kappa shape index (κ3) is 2.66. The van der Waals surface area contributed by atoms with Crippen LogP contribution in [-0.2, 0) is 6.54 Å². The molecule has 2 aliphatic heterocycles. The van der Waals surface area contributed by atoms with Gasteiger partial charge in [-0.1, -0.05) is 18.2 Å². The minimum Gasteiger partial charge on any atom is -0.308 e. The SMILES string of the molecule is N#CN1CCC(N2c3ccccc3N(Cc3cccnc3)S2(O)O)C1. The number of rotatable bonds is 3. The molecule has 0 bridgehead atoms. The molecule has 130 valence electrons. The molecule has 0 spiro atoms. The van der Waals surface area contributed by atoms with Crippen molar-refractivity contribution in [3.63, 3.8) is 0 Å². The van der Waals surface area contributed by atoms with Gasteiger partial charge in [-0.25, -0.2) is 8.61 Å². The van der Waals surface area contributed by atoms with E-state index in [2.05, 4.69) is 11.2 Å². The van der Waals surface area contributed by atoms with E-state index in [1.165, 1.54) is 0 Å². The van der Waals surface area contributed by atoms with E-state index in [0.29, 0.717) is 19.6 Å². The fourth-order valence-electron chi connectivity index (χ4n) is 3.48. The second-order valence-electron chi connectivity index (χ2n) is 6.19. The molecule has 4 rings (SSSR count). The van der Waals surface area contributed by atoms with Crippen molar-refractivity contribution < 1.29 is 9.11 Å². The lowest BCUT2D eigenvalue weighted by atomic mass is 10.2. The molecule has 2 N–H and O–H groups in total. The predicted octanol–water partition coefficient (Wildman–Crippen LogP) is 3.04. The van der Waals surface area contributed by atoms with Gasteiger partial charge in [0, 0.05) is 18.9 Å². The number of nitriles is 1. The Labute approximate surface area is 148 Å². The molecule has 1 fully saturated rings. The molecule has 2 aliphatic rings. The molecular formula is C17H19N5O2S. The molecule has 7 nitrogen and oxygen atoms in total. The number of hydrogen-bond donors (Lipinski definition) is 2. The lowest BCUT2D eigenvalue weighted by Gasteiger charge is -2.46. The highest BCUT2D eigenvalue weighted by Gasteiger charge is 2.45. The highest BCUT2D eigenvalue weighted by atomic mass is 32.3. The Morgan fingerprint density at radius 1 is 1.20 bits per heavy atom. The molecule has 25 heavy (non-hydrogen) atoms. The minimum absolute atomic E-state index is 0.107. The van der Waals surface area contributed by atoms with Crippen LogP contribution in [0.4, 0.5) is 11.4 Å². The van der Waals surface area contributed by atoms with Crippen molar-refractivity contribution >= 4 is 22.3 Å². The van der Waals surface area contributed by atoms with Gasteiger partial charge in [0.15, 0.2) is 6.19 Å². The minimum atomic E-state index is -3.20. The zero-order valence-corrected chi connectivity index (χ0v) is 14.4. The molecule has 1 aromatic heterocycles. The summed E-state index contributed by atoms with van der Waals surface area (Å²) < 4.78 is 25.5. The monoisotopic (exact) mass is 357 g/mol. The zero-order valence-electron chi connectivity index (χ0n) is 13.6. The topological polar surface area (TPSA) is 86.9 Å². The van der Waals surface area contributed by atoms with Gasteiger partial charge in [0.25, 0.3) is 0 Å². The van der Waals surface area contributed by atoms with Crippen LogP contribution in [0.2, 0.25) is 0 Å². The van der Waals surface area contributed by atoms with E-state index in [-0.39, 0.29) is 6.04 Å². The number of benzene rings is 1. The Morgan fingerprint density at radius 3 is 2.68 bits per heavy atom. The van der Waals surface area contributed by atoms with E-state index in [1.54, 1.807) is 25.9 Å². The van der Waals surface area contributed by atoms with E-state index in [9.17, 15) is 9.11 Å². The normalized spacial score (nSPS) is 22.6. The molecule has 1 saturated heterocycles. The average Bonchev–Trinajstić information content (AvgIpc) is 3.17. The second-order valence-corrected chi connectivity index (χ2v) is 8.00. The number of likely N-dealkylation sites (tertiary alicyclic amines) is 1. The number of anilines is 2. The largest absolute Gasteiger partial charge is 0.308 e. The standard InChI is InChI=1S/C17H19N5O2S/c18-13-20-9-7-15(12-20)22-17-6-2-1-5-16(17)21(25(22,23)24)11-14-4-3-8-19-10-14/h1-6,8,10,15,23-24H,7,9,11-12H2. The van der Waals surface area contributed by atoms with Crippen LogP contribution in [0.3, 0.4) is 0 Å². The van der Waals surface area contributed by atoms with Crippen molar-refractivity contribution in [2.75, 3.05) is 21.7 Å². The van der Waals surface area contributed by atoms with Crippen LogP contribution in [0.5, 0.6) is 0 Å². The summed E-state index contributed by atoms with van der Waals surface area (Å²) in [4.78, 5) is 5.77. The third-order valence-electron chi connectivity index (χ3n) is 4.63. The van der Waals surface area contributed by atoms with E-state index in [4.69, 9.17) is 5.26 Å². The first-order valence-electron chi connectivity index (χ1n) is 8.09. The van der Waals surface area contributed by atoms with Gasteiger partial charge in [-0.05, 0) is 41.1 Å². The number of fused-ring (bicyclic) bond motifs is 1. The molecule has 0 amide bonds. The van der Waals surface area contributed by atoms with E-state index in [0.717, 1.165) is 23.4 Å². The van der Waals surface area contributed by atoms with Crippen LogP contribution in [-0.4, -0.2) is 38.1 Å². The molecule has 1 aromatic carbocycles. The smallest absolute Gasteiger partial charge is 0.179 e. The van der Waals surface area contributed by atoms with Crippen LogP contribution in [0.25, 0.3) is 0 Å². The first kappa shape index (κ1) is 16.0. The Hall–Kier alpha value is -2.47. The van der Waals surface area contributed by atoms with Gasteiger partial charge in [-0.2, -0.15) is 5.26 Å². The third-order valence-corrected chi connectivity index (χ3v) is 6.57. The van der Waals surface area contributed by atoms with E-state index in [1.807, 2.05) is 36.4 Å². The maximum atomic E-state index is 11.1. The Balaban J connectivity index is 1.71. The molecule has 1 atom stereocenters. The predicted molar refractivity (Wildman–Crippen MR) is 97.8 cm³/mol. The first-order chi connectivity index (χ1) is 12.1. The molecule has 2 aromatic rings. The van der Waals surface area contributed by atoms with Crippen molar-refractivity contribution in [1.82, 2.24) is 9.88 Å². The van der Waals surface area contributed by atoms with Gasteiger partial charge in [-0.15, -0.1) is 0 Å². The van der Waals surface area contributed by atoms with Crippen molar-refractivity contribution in [2.24, 2.45) is 0 Å². The molecule has 0 radical (unpaired) electrons. The summed E-state index contributed by atoms with van der Waals surface area (Å²) in [5.74, 6) is 0. The van der Waals surface area contributed by atoms with Gasteiger partial charge in [-0.3, -0.25) is 14.1 Å². The molecule has 0 saturated carbocycles. The lowest BCUT2D eigenvalue weighted by molar-refractivity contribution is 0.457. The van der Waals surface area contributed by atoms with Crippen molar-refractivity contribution in [2.45, 2.75) is 19.0 Å². The van der Waals surface area contributed by atoms with Crippen molar-refractivity contribution in [3.8, 4) is 6.19 Å². The highest BCUT2D eigenvalue weighted by Crippen LogP contribution is 2.62. The molecule has 8 heteroatoms. The molecule has 3 heterocycles. The maximum absolute atomic E-state index is 11.1. The van der Waals surface area contributed by atoms with Gasteiger partial charge < -0.3 is 4.90 Å². The Bertz CT molecular complexity index is 810. The number of nitrogens with zero attached hydrogens (tertiary/aromatic N) is 5. The summed E-state index contributed by atoms with van der Waals surface area (Å²) in [5.41, 5.74) is 2.50. The van der Waals surface area contributed by atoms with Crippen molar-refractivity contribution in [3.05, 3.63) is 54.4 Å². The molecule has 0 aliphatic carbocycles.